The Kier molecular flexibility index (Phi) is 5.91. The maximum absolute atomic E-state index is 13.2. The predicted octanol–water partition coefficient (Wildman–Crippen LogP) is 2.71. The van der Waals surface area contributed by atoms with Crippen LogP contribution in [0.3, 0.4) is 0 Å². The second kappa shape index (κ2) is 8.12. The highest BCUT2D eigenvalue weighted by molar-refractivity contribution is 5.77. The van der Waals surface area contributed by atoms with Gasteiger partial charge in [0.25, 0.3) is 5.91 Å². The fourth-order valence-electron chi connectivity index (χ4n) is 2.01. The van der Waals surface area contributed by atoms with Gasteiger partial charge in [-0.3, -0.25) is 4.79 Å². The smallest absolute Gasteiger partial charge is 0.257 e. The number of benzene rings is 2. The molecule has 0 aromatic heterocycles. The zero-order chi connectivity index (χ0) is 16.7. The molecule has 0 atom stereocenters. The Labute approximate surface area is 133 Å². The van der Waals surface area contributed by atoms with Crippen molar-refractivity contribution in [3.8, 4) is 11.5 Å². The van der Waals surface area contributed by atoms with Crippen LogP contribution in [0.25, 0.3) is 0 Å². The van der Waals surface area contributed by atoms with Crippen LogP contribution in [0.1, 0.15) is 5.56 Å². The lowest BCUT2D eigenvalue weighted by atomic mass is 10.1. The molecule has 0 aliphatic rings. The summed E-state index contributed by atoms with van der Waals surface area (Å²) in [6.07, 6.45) is 0.434. The fraction of sp³-hybridized carbons (Fsp3) is 0.235. The fourth-order valence-corrected chi connectivity index (χ4v) is 2.01. The molecule has 6 heteroatoms. The highest BCUT2D eigenvalue weighted by atomic mass is 19.1. The number of ether oxygens (including phenoxy) is 2. The third kappa shape index (κ3) is 5.25. The van der Waals surface area contributed by atoms with Crippen molar-refractivity contribution < 1.29 is 23.0 Å². The standard InChI is InChI=1S/C17H17F2NO3/c1-22-16-7-4-14(19)10-12(16)8-9-20-17(21)11-23-15-5-2-13(18)3-6-15/h2-7,10H,8-9,11H2,1H3,(H,20,21). The van der Waals surface area contributed by atoms with Crippen LogP contribution in [0.2, 0.25) is 0 Å². The average molecular weight is 321 g/mol. The van der Waals surface area contributed by atoms with Crippen LogP contribution >= 0.6 is 0 Å². The van der Waals surface area contributed by atoms with Gasteiger partial charge in [-0.25, -0.2) is 8.78 Å². The van der Waals surface area contributed by atoms with Gasteiger partial charge < -0.3 is 14.8 Å². The van der Waals surface area contributed by atoms with Crippen molar-refractivity contribution in [3.63, 3.8) is 0 Å². The van der Waals surface area contributed by atoms with Gasteiger partial charge in [0.05, 0.1) is 7.11 Å². The number of carbonyl (C=O) groups is 1. The SMILES string of the molecule is COc1ccc(F)cc1CCNC(=O)COc1ccc(F)cc1. The molecule has 2 rings (SSSR count). The van der Waals surface area contributed by atoms with Gasteiger partial charge in [0.1, 0.15) is 23.1 Å². The number of carbonyl (C=O) groups excluding carboxylic acids is 1. The number of rotatable bonds is 7. The second-order valence-corrected chi connectivity index (χ2v) is 4.80. The van der Waals surface area contributed by atoms with Crippen molar-refractivity contribution in [2.75, 3.05) is 20.3 Å². The van der Waals surface area contributed by atoms with Gasteiger partial charge in [-0.1, -0.05) is 0 Å². The molecule has 1 N–H and O–H groups in total. The first-order valence-corrected chi connectivity index (χ1v) is 7.06. The number of hydrogen-bond donors (Lipinski definition) is 1. The molecule has 2 aromatic carbocycles. The highest BCUT2D eigenvalue weighted by Gasteiger charge is 2.07. The average Bonchev–Trinajstić information content (AvgIpc) is 2.54. The van der Waals surface area contributed by atoms with Crippen LogP contribution in [0.15, 0.2) is 42.5 Å². The van der Waals surface area contributed by atoms with E-state index in [1.807, 2.05) is 0 Å². The first-order chi connectivity index (χ1) is 11.1. The van der Waals surface area contributed by atoms with Gasteiger partial charge in [-0.15, -0.1) is 0 Å². The number of methoxy groups -OCH3 is 1. The Hall–Kier alpha value is -2.63. The zero-order valence-corrected chi connectivity index (χ0v) is 12.6. The third-order valence-electron chi connectivity index (χ3n) is 3.14. The molecule has 0 fully saturated rings. The van der Waals surface area contributed by atoms with E-state index < -0.39 is 0 Å². The van der Waals surface area contributed by atoms with Crippen LogP contribution in [0, 0.1) is 11.6 Å². The second-order valence-electron chi connectivity index (χ2n) is 4.80. The van der Waals surface area contributed by atoms with E-state index in [9.17, 15) is 13.6 Å². The largest absolute Gasteiger partial charge is 0.496 e. The van der Waals surface area contributed by atoms with Crippen LogP contribution in [-0.2, 0) is 11.2 Å². The number of halogens is 2. The lowest BCUT2D eigenvalue weighted by Crippen LogP contribution is -2.30. The zero-order valence-electron chi connectivity index (χ0n) is 12.6. The molecular weight excluding hydrogens is 304 g/mol. The Morgan fingerprint density at radius 1 is 1.09 bits per heavy atom. The van der Waals surface area contributed by atoms with E-state index in [2.05, 4.69) is 5.32 Å². The Morgan fingerprint density at radius 3 is 2.48 bits per heavy atom. The summed E-state index contributed by atoms with van der Waals surface area (Å²) in [6.45, 7) is 0.150. The van der Waals surface area contributed by atoms with E-state index in [4.69, 9.17) is 9.47 Å². The summed E-state index contributed by atoms with van der Waals surface area (Å²) in [5, 5.41) is 2.67. The molecule has 0 saturated heterocycles. The molecule has 0 saturated carbocycles. The van der Waals surface area contributed by atoms with Gasteiger partial charge >= 0.3 is 0 Å². The molecule has 4 nitrogen and oxygen atoms in total. The van der Waals surface area contributed by atoms with Crippen molar-refractivity contribution in [2.24, 2.45) is 0 Å². The lowest BCUT2D eigenvalue weighted by Gasteiger charge is -2.10. The third-order valence-corrected chi connectivity index (χ3v) is 3.14. The molecule has 0 bridgehead atoms. The van der Waals surface area contributed by atoms with E-state index in [0.717, 1.165) is 0 Å². The van der Waals surface area contributed by atoms with Crippen molar-refractivity contribution in [3.05, 3.63) is 59.7 Å². The maximum Gasteiger partial charge on any atom is 0.257 e. The summed E-state index contributed by atoms with van der Waals surface area (Å²) in [7, 11) is 1.51. The van der Waals surface area contributed by atoms with Gasteiger partial charge in [0.2, 0.25) is 0 Å². The van der Waals surface area contributed by atoms with E-state index in [-0.39, 0.29) is 24.1 Å². The van der Waals surface area contributed by atoms with Crippen LogP contribution < -0.4 is 14.8 Å². The molecular formula is C17H17F2NO3. The molecule has 0 radical (unpaired) electrons. The maximum atomic E-state index is 13.2. The molecule has 23 heavy (non-hydrogen) atoms. The quantitative estimate of drug-likeness (QED) is 0.853. The van der Waals surface area contributed by atoms with Crippen LogP contribution in [-0.4, -0.2) is 26.2 Å². The number of amides is 1. The Balaban J connectivity index is 1.76. The summed E-state index contributed by atoms with van der Waals surface area (Å²) in [6, 6.07) is 9.63. The van der Waals surface area contributed by atoms with Crippen molar-refractivity contribution in [1.29, 1.82) is 0 Å². The summed E-state index contributed by atoms with van der Waals surface area (Å²) in [5.74, 6) is -0.0566. The summed E-state index contributed by atoms with van der Waals surface area (Å²) < 4.78 is 36.3. The Bertz CT molecular complexity index is 659. The molecule has 0 spiro atoms. The monoisotopic (exact) mass is 321 g/mol. The van der Waals surface area contributed by atoms with E-state index in [0.29, 0.717) is 30.0 Å². The van der Waals surface area contributed by atoms with Gasteiger partial charge in [0, 0.05) is 6.54 Å². The molecule has 2 aromatic rings. The van der Waals surface area contributed by atoms with Gasteiger partial charge in [-0.05, 0) is 54.4 Å². The molecule has 1 amide bonds. The van der Waals surface area contributed by atoms with Crippen LogP contribution in [0.4, 0.5) is 8.78 Å². The minimum atomic E-state index is -0.370. The first-order valence-electron chi connectivity index (χ1n) is 7.06. The van der Waals surface area contributed by atoms with E-state index >= 15 is 0 Å². The normalized spacial score (nSPS) is 10.2. The summed E-state index contributed by atoms with van der Waals surface area (Å²) >= 11 is 0. The first kappa shape index (κ1) is 16.7. The van der Waals surface area contributed by atoms with Gasteiger partial charge in [0.15, 0.2) is 6.61 Å². The van der Waals surface area contributed by atoms with Crippen LogP contribution in [0.5, 0.6) is 11.5 Å². The molecule has 0 aliphatic heterocycles. The summed E-state index contributed by atoms with van der Waals surface area (Å²) in [4.78, 5) is 11.7. The predicted molar refractivity (Wildman–Crippen MR) is 81.6 cm³/mol. The number of hydrogen-bond acceptors (Lipinski definition) is 3. The van der Waals surface area contributed by atoms with Crippen molar-refractivity contribution in [2.45, 2.75) is 6.42 Å². The van der Waals surface area contributed by atoms with E-state index in [1.54, 1.807) is 6.07 Å². The number of nitrogens with one attached hydrogen (secondary N) is 1. The summed E-state index contributed by atoms with van der Waals surface area (Å²) in [5.41, 5.74) is 0.673. The molecule has 122 valence electrons. The van der Waals surface area contributed by atoms with Crippen molar-refractivity contribution in [1.82, 2.24) is 5.32 Å². The van der Waals surface area contributed by atoms with Crippen molar-refractivity contribution >= 4 is 5.91 Å². The van der Waals surface area contributed by atoms with Gasteiger partial charge in [-0.2, -0.15) is 0 Å². The minimum Gasteiger partial charge on any atom is -0.496 e. The Morgan fingerprint density at radius 2 is 1.78 bits per heavy atom. The highest BCUT2D eigenvalue weighted by Crippen LogP contribution is 2.19. The minimum absolute atomic E-state index is 0.175. The van der Waals surface area contributed by atoms with E-state index in [1.165, 1.54) is 43.5 Å². The molecule has 0 heterocycles. The topological polar surface area (TPSA) is 47.6 Å². The lowest BCUT2D eigenvalue weighted by molar-refractivity contribution is -0.123. The molecule has 0 unspecified atom stereocenters. The molecule has 0 aliphatic carbocycles.